The molecular formula is C10H14N2O2S3. The van der Waals surface area contributed by atoms with Crippen LogP contribution >= 0.6 is 24.0 Å². The number of thiocarbonyl (C=S) groups is 1. The lowest BCUT2D eigenvalue weighted by Crippen LogP contribution is -2.35. The van der Waals surface area contributed by atoms with Crippen LogP contribution < -0.4 is 10.5 Å². The van der Waals surface area contributed by atoms with Gasteiger partial charge in [0.2, 0.25) is 10.0 Å². The summed E-state index contributed by atoms with van der Waals surface area (Å²) in [4.78, 5) is 1.02. The first-order valence-corrected chi connectivity index (χ1v) is 8.00. The number of hydrogen-bond donors (Lipinski definition) is 2. The van der Waals surface area contributed by atoms with Crippen molar-refractivity contribution in [3.05, 3.63) is 24.3 Å². The van der Waals surface area contributed by atoms with E-state index in [0.29, 0.717) is 5.69 Å². The number of benzene rings is 1. The summed E-state index contributed by atoms with van der Waals surface area (Å²) in [7, 11) is -3.56. The van der Waals surface area contributed by atoms with E-state index < -0.39 is 15.3 Å². The van der Waals surface area contributed by atoms with E-state index >= 15 is 0 Å². The third-order valence-corrected chi connectivity index (χ3v) is 5.17. The van der Waals surface area contributed by atoms with Crippen molar-refractivity contribution in [3.63, 3.8) is 0 Å². The van der Waals surface area contributed by atoms with Gasteiger partial charge in [0.1, 0.15) is 5.25 Å². The number of thioether (sulfide) groups is 1. The average molecular weight is 290 g/mol. The molecule has 0 saturated carbocycles. The van der Waals surface area contributed by atoms with Crippen LogP contribution in [0.4, 0.5) is 5.69 Å². The average Bonchev–Trinajstić information content (AvgIpc) is 2.28. The van der Waals surface area contributed by atoms with Crippen LogP contribution in [0, 0.1) is 0 Å². The molecule has 4 nitrogen and oxygen atoms in total. The molecule has 0 heterocycles. The number of hydrogen-bond acceptors (Lipinski definition) is 4. The van der Waals surface area contributed by atoms with Crippen molar-refractivity contribution in [1.29, 1.82) is 0 Å². The lowest BCUT2D eigenvalue weighted by molar-refractivity contribution is 0.598. The molecule has 3 N–H and O–H groups in total. The van der Waals surface area contributed by atoms with Crippen molar-refractivity contribution in [2.75, 3.05) is 11.0 Å². The van der Waals surface area contributed by atoms with E-state index in [9.17, 15) is 8.42 Å². The molecule has 1 rings (SSSR count). The largest absolute Gasteiger partial charge is 0.392 e. The van der Waals surface area contributed by atoms with Crippen molar-refractivity contribution in [2.45, 2.75) is 17.1 Å². The monoisotopic (exact) mass is 290 g/mol. The molecule has 0 saturated heterocycles. The summed E-state index contributed by atoms with van der Waals surface area (Å²) < 4.78 is 26.1. The van der Waals surface area contributed by atoms with Crippen LogP contribution in [-0.4, -0.2) is 24.9 Å². The van der Waals surface area contributed by atoms with Crippen molar-refractivity contribution < 1.29 is 8.42 Å². The Morgan fingerprint density at radius 2 is 1.94 bits per heavy atom. The van der Waals surface area contributed by atoms with Gasteiger partial charge in [0.25, 0.3) is 0 Å². The fourth-order valence-electron chi connectivity index (χ4n) is 1.06. The zero-order valence-corrected chi connectivity index (χ0v) is 12.0. The van der Waals surface area contributed by atoms with Crippen LogP contribution in [0.3, 0.4) is 0 Å². The molecule has 0 radical (unpaired) electrons. The highest BCUT2D eigenvalue weighted by Crippen LogP contribution is 2.19. The zero-order chi connectivity index (χ0) is 13.1. The second kappa shape index (κ2) is 5.70. The lowest BCUT2D eigenvalue weighted by atomic mass is 10.3. The van der Waals surface area contributed by atoms with Crippen LogP contribution in [0.15, 0.2) is 29.2 Å². The Bertz CT molecular complexity index is 497. The molecule has 0 aliphatic heterocycles. The topological polar surface area (TPSA) is 72.2 Å². The molecule has 0 aliphatic rings. The summed E-state index contributed by atoms with van der Waals surface area (Å²) in [6.45, 7) is 1.46. The Morgan fingerprint density at radius 1 is 1.41 bits per heavy atom. The SMILES string of the molecule is CSc1ccc(NS(=O)(=O)C(C)C(N)=S)cc1. The summed E-state index contributed by atoms with van der Waals surface area (Å²) in [5.41, 5.74) is 5.84. The highest BCUT2D eigenvalue weighted by Gasteiger charge is 2.22. The number of anilines is 1. The fourth-order valence-corrected chi connectivity index (χ4v) is 2.80. The first kappa shape index (κ1) is 14.3. The van der Waals surface area contributed by atoms with Crippen LogP contribution in [0.2, 0.25) is 0 Å². The Labute approximate surface area is 111 Å². The molecule has 1 atom stereocenters. The lowest BCUT2D eigenvalue weighted by Gasteiger charge is -2.13. The highest BCUT2D eigenvalue weighted by atomic mass is 32.2. The van der Waals surface area contributed by atoms with E-state index in [4.69, 9.17) is 5.73 Å². The van der Waals surface area contributed by atoms with Gasteiger partial charge in [0.15, 0.2) is 0 Å². The van der Waals surface area contributed by atoms with Gasteiger partial charge in [0, 0.05) is 10.6 Å². The minimum Gasteiger partial charge on any atom is -0.392 e. The quantitative estimate of drug-likeness (QED) is 0.639. The second-order valence-electron chi connectivity index (χ2n) is 3.42. The number of nitrogens with one attached hydrogen (secondary N) is 1. The maximum atomic E-state index is 11.8. The van der Waals surface area contributed by atoms with Gasteiger partial charge in [-0.15, -0.1) is 11.8 Å². The number of nitrogens with two attached hydrogens (primary N) is 1. The van der Waals surface area contributed by atoms with E-state index in [2.05, 4.69) is 16.9 Å². The number of rotatable bonds is 5. The van der Waals surface area contributed by atoms with E-state index in [1.807, 2.05) is 18.4 Å². The predicted octanol–water partition coefficient (Wildman–Crippen LogP) is 1.82. The van der Waals surface area contributed by atoms with E-state index in [1.165, 1.54) is 6.92 Å². The van der Waals surface area contributed by atoms with Gasteiger partial charge in [-0.2, -0.15) is 0 Å². The minimum atomic E-state index is -3.56. The summed E-state index contributed by atoms with van der Waals surface area (Å²) in [6.07, 6.45) is 1.95. The fraction of sp³-hybridized carbons (Fsp3) is 0.300. The van der Waals surface area contributed by atoms with E-state index in [0.717, 1.165) is 4.90 Å². The van der Waals surface area contributed by atoms with Crippen LogP contribution in [0.25, 0.3) is 0 Å². The van der Waals surface area contributed by atoms with Gasteiger partial charge in [-0.05, 0) is 37.4 Å². The molecule has 7 heteroatoms. The van der Waals surface area contributed by atoms with Gasteiger partial charge < -0.3 is 5.73 Å². The molecular weight excluding hydrogens is 276 g/mol. The van der Waals surface area contributed by atoms with Crippen LogP contribution in [0.1, 0.15) is 6.92 Å². The molecule has 0 aliphatic carbocycles. The molecule has 17 heavy (non-hydrogen) atoms. The molecule has 0 aromatic heterocycles. The maximum Gasteiger partial charge on any atom is 0.241 e. The van der Waals surface area contributed by atoms with Crippen molar-refractivity contribution in [1.82, 2.24) is 0 Å². The van der Waals surface area contributed by atoms with Crippen LogP contribution in [0.5, 0.6) is 0 Å². The second-order valence-corrected chi connectivity index (χ2v) is 6.77. The number of sulfonamides is 1. The van der Waals surface area contributed by atoms with Gasteiger partial charge in [-0.1, -0.05) is 12.2 Å². The Hall–Kier alpha value is -0.790. The van der Waals surface area contributed by atoms with Crippen LogP contribution in [-0.2, 0) is 10.0 Å². The highest BCUT2D eigenvalue weighted by molar-refractivity contribution is 7.98. The third kappa shape index (κ3) is 3.86. The summed E-state index contributed by atoms with van der Waals surface area (Å²) in [5, 5.41) is -0.891. The summed E-state index contributed by atoms with van der Waals surface area (Å²) in [5.74, 6) is 0. The molecule has 0 amide bonds. The minimum absolute atomic E-state index is 0.0433. The third-order valence-electron chi connectivity index (χ3n) is 2.22. The maximum absolute atomic E-state index is 11.8. The standard InChI is InChI=1S/C10H14N2O2S3/c1-7(10(11)15)17(13,14)12-8-3-5-9(16-2)6-4-8/h3-7,12H,1-2H3,(H2,11,15). The Balaban J connectivity index is 2.86. The molecule has 0 bridgehead atoms. The van der Waals surface area contributed by atoms with E-state index in [-0.39, 0.29) is 4.99 Å². The van der Waals surface area contributed by atoms with Gasteiger partial charge in [-0.3, -0.25) is 4.72 Å². The smallest absolute Gasteiger partial charge is 0.241 e. The molecule has 0 spiro atoms. The van der Waals surface area contributed by atoms with Crippen molar-refractivity contribution in [3.8, 4) is 0 Å². The first-order valence-electron chi connectivity index (χ1n) is 4.82. The van der Waals surface area contributed by atoms with Gasteiger partial charge in [-0.25, -0.2) is 8.42 Å². The first-order chi connectivity index (χ1) is 7.86. The van der Waals surface area contributed by atoms with Gasteiger partial charge >= 0.3 is 0 Å². The molecule has 1 unspecified atom stereocenters. The summed E-state index contributed by atoms with van der Waals surface area (Å²) >= 11 is 6.27. The van der Waals surface area contributed by atoms with Gasteiger partial charge in [0.05, 0.1) is 4.99 Å². The Kier molecular flexibility index (Phi) is 4.79. The Morgan fingerprint density at radius 3 is 2.35 bits per heavy atom. The normalized spacial score (nSPS) is 13.1. The van der Waals surface area contributed by atoms with Crippen molar-refractivity contribution >= 4 is 44.7 Å². The zero-order valence-electron chi connectivity index (χ0n) is 9.51. The molecule has 94 valence electrons. The molecule has 1 aromatic carbocycles. The summed E-state index contributed by atoms with van der Waals surface area (Å²) in [6, 6.07) is 7.09. The molecule has 1 aromatic rings. The van der Waals surface area contributed by atoms with Crippen molar-refractivity contribution in [2.24, 2.45) is 5.73 Å². The molecule has 0 fully saturated rings. The predicted molar refractivity (Wildman–Crippen MR) is 77.0 cm³/mol. The van der Waals surface area contributed by atoms with E-state index in [1.54, 1.807) is 23.9 Å².